The number of amides is 1. The number of nitrogens with zero attached hydrogens (tertiary/aromatic N) is 1. The van der Waals surface area contributed by atoms with Crippen LogP contribution in [-0.2, 0) is 6.54 Å². The summed E-state index contributed by atoms with van der Waals surface area (Å²) in [6.07, 6.45) is 1.60. The molecule has 0 saturated carbocycles. The zero-order valence-corrected chi connectivity index (χ0v) is 12.0. The third-order valence-electron chi connectivity index (χ3n) is 3.60. The Morgan fingerprint density at radius 3 is 2.65 bits per heavy atom. The van der Waals surface area contributed by atoms with E-state index >= 15 is 0 Å². The molecule has 0 aliphatic rings. The van der Waals surface area contributed by atoms with Crippen molar-refractivity contribution in [3.8, 4) is 0 Å². The van der Waals surface area contributed by atoms with Crippen molar-refractivity contribution >= 4 is 11.6 Å². The Balaban J connectivity index is 2.25. The lowest BCUT2D eigenvalue weighted by Crippen LogP contribution is -2.15. The number of aryl methyl sites for hydroxylation is 1. The average Bonchev–Trinajstić information content (AvgIpc) is 2.48. The van der Waals surface area contributed by atoms with Crippen molar-refractivity contribution < 1.29 is 4.79 Å². The van der Waals surface area contributed by atoms with Crippen molar-refractivity contribution in [1.29, 1.82) is 0 Å². The smallest absolute Gasteiger partial charge is 0.274 e. The summed E-state index contributed by atoms with van der Waals surface area (Å²) >= 11 is 0. The number of hydrogen-bond acceptors (Lipinski definition) is 3. The van der Waals surface area contributed by atoms with E-state index in [1.165, 1.54) is 11.1 Å². The minimum absolute atomic E-state index is 0.216. The highest BCUT2D eigenvalue weighted by Gasteiger charge is 2.11. The summed E-state index contributed by atoms with van der Waals surface area (Å²) < 4.78 is 0. The molecule has 0 atom stereocenters. The molecule has 0 aliphatic carbocycles. The zero-order valence-electron chi connectivity index (χ0n) is 12.0. The first-order valence-electron chi connectivity index (χ1n) is 6.56. The van der Waals surface area contributed by atoms with Gasteiger partial charge < -0.3 is 11.1 Å². The molecule has 0 radical (unpaired) electrons. The van der Waals surface area contributed by atoms with Gasteiger partial charge in [0.15, 0.2) is 0 Å². The first-order valence-corrected chi connectivity index (χ1v) is 6.56. The summed E-state index contributed by atoms with van der Waals surface area (Å²) in [6, 6.07) is 7.44. The van der Waals surface area contributed by atoms with E-state index in [2.05, 4.69) is 17.2 Å². The van der Waals surface area contributed by atoms with Crippen molar-refractivity contribution in [1.82, 2.24) is 4.98 Å². The molecular weight excluding hydrogens is 250 g/mol. The predicted molar refractivity (Wildman–Crippen MR) is 80.7 cm³/mol. The third-order valence-corrected chi connectivity index (χ3v) is 3.60. The van der Waals surface area contributed by atoms with Gasteiger partial charge in [-0.25, -0.2) is 0 Å². The van der Waals surface area contributed by atoms with Crippen molar-refractivity contribution in [3.63, 3.8) is 0 Å². The van der Waals surface area contributed by atoms with Crippen molar-refractivity contribution in [2.45, 2.75) is 27.3 Å². The van der Waals surface area contributed by atoms with Crippen LogP contribution in [-0.4, -0.2) is 10.9 Å². The quantitative estimate of drug-likeness (QED) is 0.900. The lowest BCUT2D eigenvalue weighted by Gasteiger charge is -2.12. The monoisotopic (exact) mass is 269 g/mol. The van der Waals surface area contributed by atoms with Crippen LogP contribution in [0.15, 0.2) is 30.5 Å². The highest BCUT2D eigenvalue weighted by atomic mass is 16.1. The van der Waals surface area contributed by atoms with Gasteiger partial charge in [-0.2, -0.15) is 0 Å². The molecule has 3 N–H and O–H groups in total. The Kier molecular flexibility index (Phi) is 4.15. The van der Waals surface area contributed by atoms with E-state index in [1.54, 1.807) is 18.3 Å². The minimum Gasteiger partial charge on any atom is -0.326 e. The molecule has 0 spiro atoms. The van der Waals surface area contributed by atoms with Gasteiger partial charge in [0, 0.05) is 18.4 Å². The van der Waals surface area contributed by atoms with E-state index in [4.69, 9.17) is 5.73 Å². The number of benzene rings is 1. The van der Waals surface area contributed by atoms with E-state index in [9.17, 15) is 4.79 Å². The molecular formula is C16H19N3O. The standard InChI is InChI=1S/C16H19N3O/c1-10-4-5-14(12(3)11(10)2)19-16(20)15-8-13(9-17)6-7-18-15/h4-8H,9,17H2,1-3H3,(H,19,20). The Morgan fingerprint density at radius 1 is 1.20 bits per heavy atom. The maximum Gasteiger partial charge on any atom is 0.274 e. The van der Waals surface area contributed by atoms with Crippen molar-refractivity contribution in [3.05, 3.63) is 58.4 Å². The molecule has 20 heavy (non-hydrogen) atoms. The number of nitrogens with one attached hydrogen (secondary N) is 1. The number of nitrogens with two attached hydrogens (primary N) is 1. The number of carbonyl (C=O) groups is 1. The number of pyridine rings is 1. The van der Waals surface area contributed by atoms with E-state index in [0.29, 0.717) is 12.2 Å². The Bertz CT molecular complexity index is 650. The second kappa shape index (κ2) is 5.84. The highest BCUT2D eigenvalue weighted by Crippen LogP contribution is 2.22. The SMILES string of the molecule is Cc1ccc(NC(=O)c2cc(CN)ccn2)c(C)c1C. The molecule has 0 aliphatic heterocycles. The van der Waals surface area contributed by atoms with Gasteiger partial charge in [-0.1, -0.05) is 6.07 Å². The number of aromatic nitrogens is 1. The second-order valence-corrected chi connectivity index (χ2v) is 4.89. The van der Waals surface area contributed by atoms with Crippen LogP contribution in [0.4, 0.5) is 5.69 Å². The van der Waals surface area contributed by atoms with Gasteiger partial charge in [-0.05, 0) is 61.2 Å². The van der Waals surface area contributed by atoms with Gasteiger partial charge in [0.25, 0.3) is 5.91 Å². The summed E-state index contributed by atoms with van der Waals surface area (Å²) in [4.78, 5) is 16.3. The van der Waals surface area contributed by atoms with E-state index < -0.39 is 0 Å². The Morgan fingerprint density at radius 2 is 1.95 bits per heavy atom. The lowest BCUT2D eigenvalue weighted by molar-refractivity contribution is 0.102. The zero-order chi connectivity index (χ0) is 14.7. The van der Waals surface area contributed by atoms with Crippen LogP contribution in [0.5, 0.6) is 0 Å². The molecule has 1 aromatic heterocycles. The largest absolute Gasteiger partial charge is 0.326 e. The van der Waals surface area contributed by atoms with Crippen LogP contribution in [0.1, 0.15) is 32.7 Å². The normalized spacial score (nSPS) is 10.4. The molecule has 0 saturated heterocycles. The van der Waals surface area contributed by atoms with Crippen LogP contribution in [0.3, 0.4) is 0 Å². The molecule has 0 fully saturated rings. The van der Waals surface area contributed by atoms with Crippen LogP contribution < -0.4 is 11.1 Å². The minimum atomic E-state index is -0.216. The summed E-state index contributed by atoms with van der Waals surface area (Å²) in [7, 11) is 0. The molecule has 0 bridgehead atoms. The highest BCUT2D eigenvalue weighted by molar-refractivity contribution is 6.03. The van der Waals surface area contributed by atoms with E-state index in [-0.39, 0.29) is 5.91 Å². The fourth-order valence-electron chi connectivity index (χ4n) is 2.00. The van der Waals surface area contributed by atoms with Gasteiger partial charge in [0.2, 0.25) is 0 Å². The van der Waals surface area contributed by atoms with Crippen LogP contribution in [0, 0.1) is 20.8 Å². The Hall–Kier alpha value is -2.20. The maximum atomic E-state index is 12.2. The predicted octanol–water partition coefficient (Wildman–Crippen LogP) is 2.72. The van der Waals surface area contributed by atoms with E-state index in [1.807, 2.05) is 26.0 Å². The van der Waals surface area contributed by atoms with Crippen molar-refractivity contribution in [2.24, 2.45) is 5.73 Å². The molecule has 4 nitrogen and oxygen atoms in total. The fraction of sp³-hybridized carbons (Fsp3) is 0.250. The maximum absolute atomic E-state index is 12.2. The number of hydrogen-bond donors (Lipinski definition) is 2. The molecule has 1 amide bonds. The molecule has 104 valence electrons. The lowest BCUT2D eigenvalue weighted by atomic mass is 10.0. The summed E-state index contributed by atoms with van der Waals surface area (Å²) in [5.41, 5.74) is 11.1. The van der Waals surface area contributed by atoms with Crippen molar-refractivity contribution in [2.75, 3.05) is 5.32 Å². The molecule has 0 unspecified atom stereocenters. The van der Waals surface area contributed by atoms with Gasteiger partial charge in [0.05, 0.1) is 0 Å². The third kappa shape index (κ3) is 2.86. The molecule has 2 rings (SSSR count). The second-order valence-electron chi connectivity index (χ2n) is 4.89. The van der Waals surface area contributed by atoms with E-state index in [0.717, 1.165) is 16.8 Å². The summed E-state index contributed by atoms with van der Waals surface area (Å²) in [5, 5.41) is 2.90. The van der Waals surface area contributed by atoms with Gasteiger partial charge in [-0.15, -0.1) is 0 Å². The molecule has 2 aromatic rings. The number of anilines is 1. The van der Waals surface area contributed by atoms with Gasteiger partial charge in [0.1, 0.15) is 5.69 Å². The number of rotatable bonds is 3. The van der Waals surface area contributed by atoms with Crippen LogP contribution in [0.25, 0.3) is 0 Å². The average molecular weight is 269 g/mol. The number of carbonyl (C=O) groups excluding carboxylic acids is 1. The molecule has 4 heteroatoms. The first kappa shape index (κ1) is 14.2. The topological polar surface area (TPSA) is 68.0 Å². The summed E-state index contributed by atoms with van der Waals surface area (Å²) in [6.45, 7) is 6.50. The summed E-state index contributed by atoms with van der Waals surface area (Å²) in [5.74, 6) is -0.216. The van der Waals surface area contributed by atoms with Crippen LogP contribution >= 0.6 is 0 Å². The Labute approximate surface area is 119 Å². The molecule has 1 aromatic carbocycles. The molecule has 1 heterocycles. The fourth-order valence-corrected chi connectivity index (χ4v) is 2.00. The van der Waals surface area contributed by atoms with Gasteiger partial charge >= 0.3 is 0 Å². The van der Waals surface area contributed by atoms with Crippen LogP contribution in [0.2, 0.25) is 0 Å². The first-order chi connectivity index (χ1) is 9.52. The van der Waals surface area contributed by atoms with Gasteiger partial charge in [-0.3, -0.25) is 9.78 Å².